The summed E-state index contributed by atoms with van der Waals surface area (Å²) in [4.78, 5) is 32.1. The second kappa shape index (κ2) is 6.13. The Morgan fingerprint density at radius 2 is 2.05 bits per heavy atom. The first-order valence-electron chi connectivity index (χ1n) is 7.43. The monoisotopic (exact) mass is 309 g/mol. The smallest absolute Gasteiger partial charge is 0.246 e. The van der Waals surface area contributed by atoms with Crippen LogP contribution in [0.25, 0.3) is 0 Å². The van der Waals surface area contributed by atoms with Crippen LogP contribution in [-0.2, 0) is 9.59 Å². The van der Waals surface area contributed by atoms with Gasteiger partial charge in [0.25, 0.3) is 0 Å². The van der Waals surface area contributed by atoms with E-state index in [2.05, 4.69) is 10.3 Å². The van der Waals surface area contributed by atoms with Gasteiger partial charge in [0, 0.05) is 4.88 Å². The summed E-state index contributed by atoms with van der Waals surface area (Å²) >= 11 is 1.60. The first-order valence-corrected chi connectivity index (χ1v) is 8.24. The van der Waals surface area contributed by atoms with Crippen molar-refractivity contribution in [2.45, 2.75) is 65.6 Å². The van der Waals surface area contributed by atoms with Crippen molar-refractivity contribution in [3.8, 4) is 0 Å². The Balaban J connectivity index is 2.32. The number of rotatable bonds is 4. The SMILES string of the molecule is CCCC1NC(=O)C(C)N(C(C)c2sc(C)nc2C)C1=O. The van der Waals surface area contributed by atoms with Crippen molar-refractivity contribution >= 4 is 23.2 Å². The number of hydrogen-bond acceptors (Lipinski definition) is 4. The summed E-state index contributed by atoms with van der Waals surface area (Å²) in [5.74, 6) is -0.0549. The van der Waals surface area contributed by atoms with Crippen molar-refractivity contribution in [2.75, 3.05) is 0 Å². The number of aryl methyl sites for hydroxylation is 2. The lowest BCUT2D eigenvalue weighted by molar-refractivity contribution is -0.151. The van der Waals surface area contributed by atoms with E-state index in [0.29, 0.717) is 6.42 Å². The van der Waals surface area contributed by atoms with Gasteiger partial charge in [-0.2, -0.15) is 0 Å². The van der Waals surface area contributed by atoms with Gasteiger partial charge in [0.2, 0.25) is 11.8 Å². The topological polar surface area (TPSA) is 62.3 Å². The van der Waals surface area contributed by atoms with Crippen LogP contribution in [0.5, 0.6) is 0 Å². The zero-order chi connectivity index (χ0) is 15.7. The fourth-order valence-corrected chi connectivity index (χ4v) is 3.90. The summed E-state index contributed by atoms with van der Waals surface area (Å²) in [5, 5.41) is 3.82. The van der Waals surface area contributed by atoms with E-state index in [1.54, 1.807) is 23.2 Å². The van der Waals surface area contributed by atoms with Gasteiger partial charge in [-0.1, -0.05) is 13.3 Å². The Morgan fingerprint density at radius 1 is 1.38 bits per heavy atom. The number of nitrogens with one attached hydrogen (secondary N) is 1. The molecule has 0 spiro atoms. The van der Waals surface area contributed by atoms with E-state index < -0.39 is 12.1 Å². The lowest BCUT2D eigenvalue weighted by atomic mass is 10.0. The lowest BCUT2D eigenvalue weighted by Crippen LogP contribution is -2.62. The Labute approximate surface area is 129 Å². The van der Waals surface area contributed by atoms with Crippen molar-refractivity contribution < 1.29 is 9.59 Å². The van der Waals surface area contributed by atoms with Gasteiger partial charge in [-0.15, -0.1) is 11.3 Å². The summed E-state index contributed by atoms with van der Waals surface area (Å²) in [6.45, 7) is 9.70. The molecule has 21 heavy (non-hydrogen) atoms. The maximum atomic E-state index is 12.7. The van der Waals surface area contributed by atoms with E-state index in [-0.39, 0.29) is 17.9 Å². The fourth-order valence-electron chi connectivity index (χ4n) is 2.92. The van der Waals surface area contributed by atoms with Crippen molar-refractivity contribution in [1.82, 2.24) is 15.2 Å². The Kier molecular flexibility index (Phi) is 4.66. The molecule has 0 aliphatic carbocycles. The summed E-state index contributed by atoms with van der Waals surface area (Å²) in [7, 11) is 0. The molecule has 3 unspecified atom stereocenters. The number of carbonyl (C=O) groups is 2. The predicted octanol–water partition coefficient (Wildman–Crippen LogP) is 2.34. The van der Waals surface area contributed by atoms with E-state index in [0.717, 1.165) is 22.0 Å². The van der Waals surface area contributed by atoms with Crippen LogP contribution < -0.4 is 5.32 Å². The highest BCUT2D eigenvalue weighted by Gasteiger charge is 2.41. The summed E-state index contributed by atoms with van der Waals surface area (Å²) in [6, 6.07) is -0.956. The molecule has 5 nitrogen and oxygen atoms in total. The highest BCUT2D eigenvalue weighted by molar-refractivity contribution is 7.11. The third kappa shape index (κ3) is 2.95. The molecular weight excluding hydrogens is 286 g/mol. The van der Waals surface area contributed by atoms with Crippen LogP contribution in [0.4, 0.5) is 0 Å². The molecular formula is C15H23N3O2S. The molecule has 1 N–H and O–H groups in total. The number of aromatic nitrogens is 1. The van der Waals surface area contributed by atoms with E-state index in [4.69, 9.17) is 0 Å². The minimum atomic E-state index is -0.442. The number of nitrogens with zero attached hydrogens (tertiary/aromatic N) is 2. The Hall–Kier alpha value is -1.43. The minimum Gasteiger partial charge on any atom is -0.343 e. The third-order valence-electron chi connectivity index (χ3n) is 3.98. The average molecular weight is 309 g/mol. The molecule has 1 aliphatic heterocycles. The molecule has 1 aromatic rings. The molecule has 0 aromatic carbocycles. The van der Waals surface area contributed by atoms with Gasteiger partial charge >= 0.3 is 0 Å². The molecule has 6 heteroatoms. The van der Waals surface area contributed by atoms with Crippen LogP contribution in [0.2, 0.25) is 0 Å². The first kappa shape index (κ1) is 15.9. The van der Waals surface area contributed by atoms with Gasteiger partial charge in [-0.3, -0.25) is 9.59 Å². The molecule has 3 atom stereocenters. The van der Waals surface area contributed by atoms with Gasteiger partial charge in [-0.25, -0.2) is 4.98 Å². The number of amides is 2. The van der Waals surface area contributed by atoms with Crippen molar-refractivity contribution in [1.29, 1.82) is 0 Å². The highest BCUT2D eigenvalue weighted by atomic mass is 32.1. The molecule has 0 radical (unpaired) electrons. The van der Waals surface area contributed by atoms with Gasteiger partial charge in [0.05, 0.1) is 16.7 Å². The van der Waals surface area contributed by atoms with Gasteiger partial charge < -0.3 is 10.2 Å². The summed E-state index contributed by atoms with van der Waals surface area (Å²) in [5.41, 5.74) is 0.947. The van der Waals surface area contributed by atoms with Crippen LogP contribution in [-0.4, -0.2) is 33.8 Å². The Morgan fingerprint density at radius 3 is 2.57 bits per heavy atom. The quantitative estimate of drug-likeness (QED) is 0.928. The van der Waals surface area contributed by atoms with Crippen molar-refractivity contribution in [3.05, 3.63) is 15.6 Å². The highest BCUT2D eigenvalue weighted by Crippen LogP contribution is 2.32. The molecule has 0 bridgehead atoms. The molecule has 2 amide bonds. The van der Waals surface area contributed by atoms with Gasteiger partial charge in [0.1, 0.15) is 12.1 Å². The maximum absolute atomic E-state index is 12.7. The molecule has 1 aromatic heterocycles. The molecule has 1 aliphatic rings. The molecule has 2 rings (SSSR count). The van der Waals surface area contributed by atoms with Crippen LogP contribution in [0.3, 0.4) is 0 Å². The second-order valence-electron chi connectivity index (χ2n) is 5.63. The zero-order valence-electron chi connectivity index (χ0n) is 13.3. The van der Waals surface area contributed by atoms with Gasteiger partial charge in [0.15, 0.2) is 0 Å². The van der Waals surface area contributed by atoms with Crippen molar-refractivity contribution in [2.24, 2.45) is 0 Å². The predicted molar refractivity (Wildman–Crippen MR) is 83.1 cm³/mol. The van der Waals surface area contributed by atoms with Crippen molar-refractivity contribution in [3.63, 3.8) is 0 Å². The largest absolute Gasteiger partial charge is 0.343 e. The van der Waals surface area contributed by atoms with Crippen LogP contribution in [0.15, 0.2) is 0 Å². The van der Waals surface area contributed by atoms with Crippen LogP contribution in [0, 0.1) is 13.8 Å². The van der Waals surface area contributed by atoms with Crippen LogP contribution >= 0.6 is 11.3 Å². The van der Waals surface area contributed by atoms with Gasteiger partial charge in [-0.05, 0) is 34.1 Å². The number of piperazine rings is 1. The zero-order valence-corrected chi connectivity index (χ0v) is 14.1. The molecule has 1 fully saturated rings. The third-order valence-corrected chi connectivity index (χ3v) is 5.22. The van der Waals surface area contributed by atoms with E-state index in [1.807, 2.05) is 27.7 Å². The molecule has 116 valence electrons. The molecule has 1 saturated heterocycles. The average Bonchev–Trinajstić information content (AvgIpc) is 2.75. The summed E-state index contributed by atoms with van der Waals surface area (Å²) < 4.78 is 0. The molecule has 2 heterocycles. The maximum Gasteiger partial charge on any atom is 0.246 e. The second-order valence-corrected chi connectivity index (χ2v) is 6.86. The number of hydrogen-bond donors (Lipinski definition) is 1. The van der Waals surface area contributed by atoms with E-state index in [1.165, 1.54) is 0 Å². The Bertz CT molecular complexity index is 555. The number of carbonyl (C=O) groups excluding carboxylic acids is 2. The first-order chi connectivity index (χ1) is 9.86. The minimum absolute atomic E-state index is 0.0157. The normalized spacial score (nSPS) is 24.1. The molecule has 0 saturated carbocycles. The summed E-state index contributed by atoms with van der Waals surface area (Å²) in [6.07, 6.45) is 1.55. The van der Waals surface area contributed by atoms with E-state index >= 15 is 0 Å². The van der Waals surface area contributed by atoms with E-state index in [9.17, 15) is 9.59 Å². The van der Waals surface area contributed by atoms with Crippen LogP contribution in [0.1, 0.15) is 55.2 Å². The fraction of sp³-hybridized carbons (Fsp3) is 0.667. The standard InChI is InChI=1S/C15H23N3O2S/c1-6-7-12-15(20)18(10(4)14(19)17-12)9(3)13-8(2)16-11(5)21-13/h9-10,12H,6-7H2,1-5H3,(H,17,19). The number of thiazole rings is 1. The lowest BCUT2D eigenvalue weighted by Gasteiger charge is -2.40.